The van der Waals surface area contributed by atoms with Gasteiger partial charge in [0, 0.05) is 30.6 Å². The zero-order valence-corrected chi connectivity index (χ0v) is 21.4. The monoisotopic (exact) mass is 465 g/mol. The number of hydrogen-bond acceptors (Lipinski definition) is 6. The first kappa shape index (κ1) is 24.6. The quantitative estimate of drug-likeness (QED) is 0.586. The van der Waals surface area contributed by atoms with Gasteiger partial charge in [-0.3, -0.25) is 0 Å². The molecule has 1 N–H and O–H groups in total. The third kappa shape index (κ3) is 4.93. The number of methoxy groups -OCH3 is 2. The van der Waals surface area contributed by atoms with Gasteiger partial charge in [-0.2, -0.15) is 0 Å². The molecule has 2 aromatic carbocycles. The van der Waals surface area contributed by atoms with Crippen molar-refractivity contribution in [3.63, 3.8) is 0 Å². The van der Waals surface area contributed by atoms with E-state index in [9.17, 15) is 5.11 Å². The van der Waals surface area contributed by atoms with E-state index < -0.39 is 6.23 Å². The van der Waals surface area contributed by atoms with Crippen molar-refractivity contribution in [2.75, 3.05) is 33.9 Å². The second-order valence-electron chi connectivity index (χ2n) is 10.1. The molecule has 2 atom stereocenters. The Bertz CT molecular complexity index is 1030. The van der Waals surface area contributed by atoms with E-state index in [1.54, 1.807) is 14.2 Å². The molecule has 1 unspecified atom stereocenters. The van der Waals surface area contributed by atoms with Crippen LogP contribution in [0.4, 0.5) is 5.69 Å². The Balaban J connectivity index is 1.65. The van der Waals surface area contributed by atoms with Crippen molar-refractivity contribution < 1.29 is 14.6 Å². The van der Waals surface area contributed by atoms with Gasteiger partial charge in [-0.1, -0.05) is 26.0 Å². The van der Waals surface area contributed by atoms with Gasteiger partial charge in [-0.05, 0) is 74.5 Å². The van der Waals surface area contributed by atoms with Gasteiger partial charge in [0.1, 0.15) is 5.84 Å². The van der Waals surface area contributed by atoms with Crippen LogP contribution in [0.2, 0.25) is 0 Å². The summed E-state index contributed by atoms with van der Waals surface area (Å²) in [6.07, 6.45) is 1.69. The molecule has 4 rings (SSSR count). The van der Waals surface area contributed by atoms with E-state index in [0.717, 1.165) is 41.3 Å². The fraction of sp³-hybridized carbons (Fsp3) is 0.536. The number of benzene rings is 2. The zero-order chi connectivity index (χ0) is 24.4. The Hall–Kier alpha value is -2.57. The normalized spacial score (nSPS) is 21.0. The van der Waals surface area contributed by atoms with Gasteiger partial charge in [0.15, 0.2) is 17.7 Å². The largest absolute Gasteiger partial charge is 0.493 e. The van der Waals surface area contributed by atoms with E-state index in [2.05, 4.69) is 49.6 Å². The van der Waals surface area contributed by atoms with Crippen LogP contribution in [0.15, 0.2) is 41.4 Å². The molecule has 184 valence electrons. The molecule has 34 heavy (non-hydrogen) atoms. The predicted octanol–water partition coefficient (Wildman–Crippen LogP) is 5.48. The minimum absolute atomic E-state index is 0.234. The Morgan fingerprint density at radius 1 is 1.00 bits per heavy atom. The summed E-state index contributed by atoms with van der Waals surface area (Å²) in [5.74, 6) is 3.11. The number of aliphatic imine (C=N–C) groups is 1. The molecule has 1 saturated heterocycles. The van der Waals surface area contributed by atoms with Crippen LogP contribution in [0, 0.1) is 11.8 Å². The molecule has 2 aliphatic rings. The highest BCUT2D eigenvalue weighted by atomic mass is 16.5. The zero-order valence-electron chi connectivity index (χ0n) is 21.4. The van der Waals surface area contributed by atoms with E-state index >= 15 is 0 Å². The summed E-state index contributed by atoms with van der Waals surface area (Å²) < 4.78 is 10.9. The van der Waals surface area contributed by atoms with Gasteiger partial charge in [0.25, 0.3) is 0 Å². The molecule has 1 fully saturated rings. The summed E-state index contributed by atoms with van der Waals surface area (Å²) in [4.78, 5) is 9.71. The van der Waals surface area contributed by atoms with Crippen molar-refractivity contribution in [1.82, 2.24) is 9.80 Å². The summed E-state index contributed by atoms with van der Waals surface area (Å²) in [7, 11) is 3.28. The molecule has 6 nitrogen and oxygen atoms in total. The highest BCUT2D eigenvalue weighted by Gasteiger charge is 2.33. The van der Waals surface area contributed by atoms with Crippen LogP contribution in [0.5, 0.6) is 11.5 Å². The number of piperidine rings is 1. The van der Waals surface area contributed by atoms with E-state index in [0.29, 0.717) is 23.5 Å². The molecule has 6 heteroatoms. The number of likely N-dealkylation sites (tertiary alicyclic amines) is 1. The summed E-state index contributed by atoms with van der Waals surface area (Å²) in [6, 6.07) is 12.6. The fourth-order valence-electron chi connectivity index (χ4n) is 5.19. The molecule has 0 aliphatic carbocycles. The number of hydrogen-bond donors (Lipinski definition) is 1. The Labute approximate surface area is 204 Å². The maximum absolute atomic E-state index is 11.6. The Morgan fingerprint density at radius 2 is 1.71 bits per heavy atom. The van der Waals surface area contributed by atoms with Crippen LogP contribution in [-0.2, 0) is 0 Å². The SMILES string of the molecule is COc1ccc(-c2ccc3c(c2)C(O)N(C[C@H]2CCCN(C(C)C)C2)C(C(C)C)=N3)cc1OC. The second-order valence-corrected chi connectivity index (χ2v) is 10.1. The molecule has 2 heterocycles. The summed E-state index contributed by atoms with van der Waals surface area (Å²) in [5.41, 5.74) is 3.74. The number of amidine groups is 1. The van der Waals surface area contributed by atoms with Crippen molar-refractivity contribution in [3.05, 3.63) is 42.0 Å². The van der Waals surface area contributed by atoms with E-state index in [4.69, 9.17) is 14.5 Å². The smallest absolute Gasteiger partial charge is 0.161 e. The molecule has 0 amide bonds. The molecule has 0 bridgehead atoms. The van der Waals surface area contributed by atoms with Gasteiger partial charge in [-0.15, -0.1) is 0 Å². The lowest BCUT2D eigenvalue weighted by atomic mass is 9.94. The number of aliphatic hydroxyl groups excluding tert-OH is 1. The molecular weight excluding hydrogens is 426 g/mol. The first-order chi connectivity index (χ1) is 16.3. The van der Waals surface area contributed by atoms with Crippen molar-refractivity contribution in [2.45, 2.75) is 52.8 Å². The lowest BCUT2D eigenvalue weighted by molar-refractivity contribution is 0.0245. The predicted molar refractivity (Wildman–Crippen MR) is 138 cm³/mol. The van der Waals surface area contributed by atoms with Crippen molar-refractivity contribution in [2.24, 2.45) is 16.8 Å². The van der Waals surface area contributed by atoms with Gasteiger partial charge >= 0.3 is 0 Å². The van der Waals surface area contributed by atoms with Crippen LogP contribution in [0.1, 0.15) is 52.3 Å². The Morgan fingerprint density at radius 3 is 2.38 bits per heavy atom. The van der Waals surface area contributed by atoms with E-state index in [-0.39, 0.29) is 5.92 Å². The molecule has 2 aliphatic heterocycles. The molecule has 0 spiro atoms. The van der Waals surface area contributed by atoms with Crippen LogP contribution in [-0.4, -0.2) is 60.6 Å². The van der Waals surface area contributed by atoms with Crippen molar-refractivity contribution in [3.8, 4) is 22.6 Å². The van der Waals surface area contributed by atoms with E-state index in [1.807, 2.05) is 24.3 Å². The highest BCUT2D eigenvalue weighted by molar-refractivity contribution is 5.89. The maximum Gasteiger partial charge on any atom is 0.161 e. The lowest BCUT2D eigenvalue weighted by Crippen LogP contribution is -2.47. The fourth-order valence-corrected chi connectivity index (χ4v) is 5.19. The molecule has 0 aromatic heterocycles. The van der Waals surface area contributed by atoms with Crippen molar-refractivity contribution in [1.29, 1.82) is 0 Å². The average molecular weight is 466 g/mol. The average Bonchev–Trinajstić information content (AvgIpc) is 2.85. The van der Waals surface area contributed by atoms with Crippen molar-refractivity contribution >= 4 is 11.5 Å². The standard InChI is InChI=1S/C28H39N3O3/c1-18(2)27-29-24-11-9-21(22-10-12-25(33-5)26(15-22)34-6)14-23(24)28(32)31(27)17-20-8-7-13-30(16-20)19(3)4/h9-12,14-15,18-20,28,32H,7-8,13,16-17H2,1-6H3/t20-,28?/m0/s1. The summed E-state index contributed by atoms with van der Waals surface area (Å²) in [6.45, 7) is 11.9. The lowest BCUT2D eigenvalue weighted by Gasteiger charge is -2.42. The molecule has 2 aromatic rings. The van der Waals surface area contributed by atoms with Gasteiger partial charge < -0.3 is 24.4 Å². The highest BCUT2D eigenvalue weighted by Crippen LogP contribution is 2.40. The summed E-state index contributed by atoms with van der Waals surface area (Å²) >= 11 is 0. The molecular formula is C28H39N3O3. The minimum Gasteiger partial charge on any atom is -0.493 e. The van der Waals surface area contributed by atoms with Crippen LogP contribution < -0.4 is 9.47 Å². The summed E-state index contributed by atoms with van der Waals surface area (Å²) in [5, 5.41) is 11.6. The Kier molecular flexibility index (Phi) is 7.48. The van der Waals surface area contributed by atoms with Gasteiger partial charge in [0.05, 0.1) is 19.9 Å². The van der Waals surface area contributed by atoms with E-state index in [1.165, 1.54) is 19.4 Å². The number of aliphatic hydroxyl groups is 1. The van der Waals surface area contributed by atoms with Crippen LogP contribution >= 0.6 is 0 Å². The third-order valence-electron chi connectivity index (χ3n) is 7.10. The minimum atomic E-state index is -0.709. The number of rotatable bonds is 7. The number of fused-ring (bicyclic) bond motifs is 1. The second kappa shape index (κ2) is 10.4. The first-order valence-corrected chi connectivity index (χ1v) is 12.5. The number of nitrogens with zero attached hydrogens (tertiary/aromatic N) is 3. The van der Waals surface area contributed by atoms with Gasteiger partial charge in [-0.25, -0.2) is 4.99 Å². The first-order valence-electron chi connectivity index (χ1n) is 12.5. The van der Waals surface area contributed by atoms with Crippen LogP contribution in [0.3, 0.4) is 0 Å². The van der Waals surface area contributed by atoms with Crippen LogP contribution in [0.25, 0.3) is 11.1 Å². The maximum atomic E-state index is 11.6. The molecule has 0 saturated carbocycles. The third-order valence-corrected chi connectivity index (χ3v) is 7.10. The van der Waals surface area contributed by atoms with Gasteiger partial charge in [0.2, 0.25) is 0 Å². The number of ether oxygens (including phenoxy) is 2. The topological polar surface area (TPSA) is 57.5 Å². The molecule has 0 radical (unpaired) electrons.